The van der Waals surface area contributed by atoms with Crippen molar-refractivity contribution in [3.63, 3.8) is 0 Å². The molecule has 0 atom stereocenters. The van der Waals surface area contributed by atoms with Gasteiger partial charge in [0.1, 0.15) is 6.54 Å². The van der Waals surface area contributed by atoms with E-state index < -0.39 is 0 Å². The molecular formula is C16H14Cl2N2. The molecule has 0 fully saturated rings. The van der Waals surface area contributed by atoms with Crippen molar-refractivity contribution in [1.82, 2.24) is 0 Å². The standard InChI is InChI=1S/C16H14Cl2N2/c1-12-2-6-15(7-3-12)20(9-8-19)11-13-4-5-14(17)10-16(13)18/h2-7,10H,9,11H2,1H3. The largest absolute Gasteiger partial charge is 0.354 e. The Bertz CT molecular complexity index is 630. The third-order valence-electron chi connectivity index (χ3n) is 3.04. The normalized spacial score (nSPS) is 10.1. The van der Waals surface area contributed by atoms with E-state index in [1.54, 1.807) is 6.07 Å². The molecule has 0 saturated carbocycles. The zero-order valence-electron chi connectivity index (χ0n) is 11.1. The molecule has 0 heterocycles. The molecule has 0 radical (unpaired) electrons. The molecule has 2 aromatic rings. The highest BCUT2D eigenvalue weighted by molar-refractivity contribution is 6.35. The number of nitriles is 1. The second-order valence-corrected chi connectivity index (χ2v) is 5.43. The lowest BCUT2D eigenvalue weighted by Gasteiger charge is -2.22. The van der Waals surface area contributed by atoms with Gasteiger partial charge in [-0.1, -0.05) is 47.0 Å². The number of halogens is 2. The van der Waals surface area contributed by atoms with Crippen LogP contribution < -0.4 is 4.90 Å². The maximum atomic E-state index is 9.00. The van der Waals surface area contributed by atoms with Crippen LogP contribution in [0.3, 0.4) is 0 Å². The second-order valence-electron chi connectivity index (χ2n) is 4.59. The summed E-state index contributed by atoms with van der Waals surface area (Å²) in [7, 11) is 0. The summed E-state index contributed by atoms with van der Waals surface area (Å²) >= 11 is 12.1. The van der Waals surface area contributed by atoms with Crippen molar-refractivity contribution in [2.24, 2.45) is 0 Å². The summed E-state index contributed by atoms with van der Waals surface area (Å²) in [5.41, 5.74) is 3.14. The second kappa shape index (κ2) is 6.65. The van der Waals surface area contributed by atoms with Crippen molar-refractivity contribution >= 4 is 28.9 Å². The van der Waals surface area contributed by atoms with E-state index in [1.165, 1.54) is 5.56 Å². The molecule has 0 saturated heterocycles. The summed E-state index contributed by atoms with van der Waals surface area (Å²) < 4.78 is 0. The van der Waals surface area contributed by atoms with Crippen molar-refractivity contribution in [3.8, 4) is 6.07 Å². The SMILES string of the molecule is Cc1ccc(N(CC#N)Cc2ccc(Cl)cc2Cl)cc1. The monoisotopic (exact) mass is 304 g/mol. The van der Waals surface area contributed by atoms with Gasteiger partial charge in [0.2, 0.25) is 0 Å². The Hall–Kier alpha value is -1.69. The fraction of sp³-hybridized carbons (Fsp3) is 0.188. The Kier molecular flexibility index (Phi) is 4.89. The average molecular weight is 305 g/mol. The first-order chi connectivity index (χ1) is 9.60. The molecule has 2 nitrogen and oxygen atoms in total. The highest BCUT2D eigenvalue weighted by Crippen LogP contribution is 2.24. The van der Waals surface area contributed by atoms with Gasteiger partial charge in [-0.15, -0.1) is 0 Å². The average Bonchev–Trinajstić information content (AvgIpc) is 2.42. The Morgan fingerprint density at radius 1 is 1.10 bits per heavy atom. The Morgan fingerprint density at radius 2 is 1.80 bits per heavy atom. The molecule has 4 heteroatoms. The van der Waals surface area contributed by atoms with Crippen LogP contribution in [-0.2, 0) is 6.54 Å². The fourth-order valence-corrected chi connectivity index (χ4v) is 2.40. The van der Waals surface area contributed by atoms with Crippen LogP contribution >= 0.6 is 23.2 Å². The summed E-state index contributed by atoms with van der Waals surface area (Å²) in [6.45, 7) is 2.92. The number of nitrogens with zero attached hydrogens (tertiary/aromatic N) is 2. The van der Waals surface area contributed by atoms with Crippen molar-refractivity contribution in [2.75, 3.05) is 11.4 Å². The van der Waals surface area contributed by atoms with E-state index in [4.69, 9.17) is 28.5 Å². The van der Waals surface area contributed by atoms with E-state index in [1.807, 2.05) is 48.2 Å². The minimum absolute atomic E-state index is 0.308. The molecule has 0 unspecified atom stereocenters. The van der Waals surface area contributed by atoms with Gasteiger partial charge in [-0.25, -0.2) is 0 Å². The van der Waals surface area contributed by atoms with Crippen molar-refractivity contribution in [1.29, 1.82) is 5.26 Å². The van der Waals surface area contributed by atoms with E-state index in [2.05, 4.69) is 6.07 Å². The molecule has 0 N–H and O–H groups in total. The Labute approximate surface area is 129 Å². The maximum Gasteiger partial charge on any atom is 0.106 e. The maximum absolute atomic E-state index is 9.00. The smallest absolute Gasteiger partial charge is 0.106 e. The van der Waals surface area contributed by atoms with Gasteiger partial charge in [-0.3, -0.25) is 0 Å². The number of rotatable bonds is 4. The van der Waals surface area contributed by atoms with Crippen LogP contribution in [0.1, 0.15) is 11.1 Å². The molecule has 0 aliphatic heterocycles. The first-order valence-electron chi connectivity index (χ1n) is 6.22. The van der Waals surface area contributed by atoms with Crippen molar-refractivity contribution in [3.05, 3.63) is 63.6 Å². The van der Waals surface area contributed by atoms with Gasteiger partial charge in [0.05, 0.1) is 6.07 Å². The lowest BCUT2D eigenvalue weighted by atomic mass is 10.1. The third-order valence-corrected chi connectivity index (χ3v) is 3.62. The number of anilines is 1. The highest BCUT2D eigenvalue weighted by atomic mass is 35.5. The molecule has 0 aliphatic carbocycles. The minimum Gasteiger partial charge on any atom is -0.354 e. The molecule has 0 aromatic heterocycles. The van der Waals surface area contributed by atoms with Crippen LogP contribution in [0.4, 0.5) is 5.69 Å². The van der Waals surface area contributed by atoms with Crippen LogP contribution in [0.25, 0.3) is 0 Å². The van der Waals surface area contributed by atoms with Gasteiger partial charge in [0.15, 0.2) is 0 Å². The highest BCUT2D eigenvalue weighted by Gasteiger charge is 2.09. The van der Waals surface area contributed by atoms with E-state index in [0.29, 0.717) is 23.1 Å². The van der Waals surface area contributed by atoms with Crippen LogP contribution in [0.5, 0.6) is 0 Å². The molecule has 0 spiro atoms. The zero-order valence-corrected chi connectivity index (χ0v) is 12.6. The molecule has 2 rings (SSSR count). The van der Waals surface area contributed by atoms with E-state index in [-0.39, 0.29) is 0 Å². The Balaban J connectivity index is 2.25. The van der Waals surface area contributed by atoms with Crippen LogP contribution in [0.15, 0.2) is 42.5 Å². The number of hydrogen-bond acceptors (Lipinski definition) is 2. The summed E-state index contributed by atoms with van der Waals surface area (Å²) in [4.78, 5) is 1.98. The molecule has 20 heavy (non-hydrogen) atoms. The van der Waals surface area contributed by atoms with E-state index >= 15 is 0 Å². The topological polar surface area (TPSA) is 27.0 Å². The van der Waals surface area contributed by atoms with E-state index in [0.717, 1.165) is 11.3 Å². The molecule has 2 aromatic carbocycles. The number of hydrogen-bond donors (Lipinski definition) is 0. The lowest BCUT2D eigenvalue weighted by molar-refractivity contribution is 0.872. The third kappa shape index (κ3) is 3.66. The van der Waals surface area contributed by atoms with Crippen molar-refractivity contribution < 1.29 is 0 Å². The Morgan fingerprint density at radius 3 is 2.40 bits per heavy atom. The summed E-state index contributed by atoms with van der Waals surface area (Å²) in [6, 6.07) is 15.7. The predicted octanol–water partition coefficient (Wildman–Crippen LogP) is 4.83. The van der Waals surface area contributed by atoms with Gasteiger partial charge in [0.25, 0.3) is 0 Å². The van der Waals surface area contributed by atoms with Crippen LogP contribution in [-0.4, -0.2) is 6.54 Å². The quantitative estimate of drug-likeness (QED) is 0.756. The fourth-order valence-electron chi connectivity index (χ4n) is 1.93. The molecule has 102 valence electrons. The lowest BCUT2D eigenvalue weighted by Crippen LogP contribution is -2.23. The van der Waals surface area contributed by atoms with Crippen LogP contribution in [0, 0.1) is 18.3 Å². The first-order valence-corrected chi connectivity index (χ1v) is 6.98. The number of aryl methyl sites for hydroxylation is 1. The summed E-state index contributed by atoms with van der Waals surface area (Å²) in [5, 5.41) is 10.2. The molecule has 0 aliphatic rings. The summed E-state index contributed by atoms with van der Waals surface area (Å²) in [5.74, 6) is 0. The van der Waals surface area contributed by atoms with Crippen LogP contribution in [0.2, 0.25) is 10.0 Å². The summed E-state index contributed by atoms with van der Waals surface area (Å²) in [6.07, 6.45) is 0. The zero-order chi connectivity index (χ0) is 14.5. The van der Waals surface area contributed by atoms with Gasteiger partial charge in [0, 0.05) is 22.3 Å². The minimum atomic E-state index is 0.308. The van der Waals surface area contributed by atoms with Gasteiger partial charge >= 0.3 is 0 Å². The first kappa shape index (κ1) is 14.7. The van der Waals surface area contributed by atoms with E-state index in [9.17, 15) is 0 Å². The molecular weight excluding hydrogens is 291 g/mol. The van der Waals surface area contributed by atoms with Crippen molar-refractivity contribution in [2.45, 2.75) is 13.5 Å². The van der Waals surface area contributed by atoms with Gasteiger partial charge in [-0.2, -0.15) is 5.26 Å². The molecule has 0 bridgehead atoms. The molecule has 0 amide bonds. The number of benzene rings is 2. The van der Waals surface area contributed by atoms with Gasteiger partial charge < -0.3 is 4.90 Å². The van der Waals surface area contributed by atoms with Gasteiger partial charge in [-0.05, 0) is 36.8 Å². The predicted molar refractivity (Wildman–Crippen MR) is 84.3 cm³/mol.